The van der Waals surface area contributed by atoms with Gasteiger partial charge in [-0.05, 0) is 18.2 Å². The average molecular weight is 385 g/mol. The van der Waals surface area contributed by atoms with Crippen molar-refractivity contribution in [2.45, 2.75) is 0 Å². The van der Waals surface area contributed by atoms with Crippen LogP contribution in [0.25, 0.3) is 0 Å². The minimum atomic E-state index is -0.405. The second-order valence-corrected chi connectivity index (χ2v) is 5.72. The number of benzene rings is 2. The van der Waals surface area contributed by atoms with E-state index >= 15 is 0 Å². The number of anilines is 1. The van der Waals surface area contributed by atoms with E-state index in [0.717, 1.165) is 0 Å². The first-order chi connectivity index (χ1) is 12.0. The SMILES string of the molecule is COc1cc(NC(=O)NCCOc2cccc(Cl)c2)c(OC)cc1Cl. The molecule has 2 aromatic rings. The van der Waals surface area contributed by atoms with Gasteiger partial charge in [0.2, 0.25) is 0 Å². The van der Waals surface area contributed by atoms with Crippen LogP contribution in [0.5, 0.6) is 17.2 Å². The lowest BCUT2D eigenvalue weighted by atomic mass is 10.2. The molecule has 2 amide bonds. The zero-order chi connectivity index (χ0) is 18.2. The number of urea groups is 1. The minimum absolute atomic E-state index is 0.300. The molecule has 134 valence electrons. The summed E-state index contributed by atoms with van der Waals surface area (Å²) in [5.41, 5.74) is 0.442. The average Bonchev–Trinajstić information content (AvgIpc) is 2.60. The van der Waals surface area contributed by atoms with Crippen molar-refractivity contribution in [2.75, 3.05) is 32.7 Å². The Morgan fingerprint density at radius 1 is 1.08 bits per heavy atom. The molecule has 0 unspecified atom stereocenters. The van der Waals surface area contributed by atoms with Crippen LogP contribution in [0.15, 0.2) is 36.4 Å². The molecule has 2 N–H and O–H groups in total. The third-order valence-electron chi connectivity index (χ3n) is 3.17. The Morgan fingerprint density at radius 3 is 2.52 bits per heavy atom. The Labute approximate surface area is 156 Å². The van der Waals surface area contributed by atoms with Crippen molar-refractivity contribution in [3.05, 3.63) is 46.4 Å². The fourth-order valence-corrected chi connectivity index (χ4v) is 2.43. The van der Waals surface area contributed by atoms with Crippen LogP contribution in [0, 0.1) is 0 Å². The maximum atomic E-state index is 12.0. The smallest absolute Gasteiger partial charge is 0.319 e. The number of carbonyl (C=O) groups excluding carboxylic acids is 1. The molecular weight excluding hydrogens is 367 g/mol. The maximum absolute atomic E-state index is 12.0. The number of halogens is 2. The first kappa shape index (κ1) is 19.0. The highest BCUT2D eigenvalue weighted by molar-refractivity contribution is 6.32. The second kappa shape index (κ2) is 9.25. The standard InChI is InChI=1S/C17H18Cl2N2O4/c1-23-15-10-14(16(24-2)9-13(15)19)21-17(22)20-6-7-25-12-5-3-4-11(18)8-12/h3-5,8-10H,6-7H2,1-2H3,(H2,20,21,22). The van der Waals surface area contributed by atoms with Gasteiger partial charge in [0, 0.05) is 17.2 Å². The molecule has 8 heteroatoms. The molecule has 6 nitrogen and oxygen atoms in total. The molecule has 0 atom stereocenters. The number of carbonyl (C=O) groups is 1. The van der Waals surface area contributed by atoms with Crippen LogP contribution in [0.4, 0.5) is 10.5 Å². The quantitative estimate of drug-likeness (QED) is 0.701. The highest BCUT2D eigenvalue weighted by atomic mass is 35.5. The van der Waals surface area contributed by atoms with Gasteiger partial charge >= 0.3 is 6.03 Å². The summed E-state index contributed by atoms with van der Waals surface area (Å²) in [5, 5.41) is 6.34. The number of hydrogen-bond donors (Lipinski definition) is 2. The van der Waals surface area contributed by atoms with Gasteiger partial charge < -0.3 is 24.8 Å². The largest absolute Gasteiger partial charge is 0.495 e. The van der Waals surface area contributed by atoms with Crippen molar-refractivity contribution in [3.8, 4) is 17.2 Å². The van der Waals surface area contributed by atoms with E-state index in [9.17, 15) is 4.79 Å². The third-order valence-corrected chi connectivity index (χ3v) is 3.71. The number of rotatable bonds is 7. The summed E-state index contributed by atoms with van der Waals surface area (Å²) in [6, 6.07) is 9.79. The molecule has 2 aromatic carbocycles. The summed E-state index contributed by atoms with van der Waals surface area (Å²) < 4.78 is 15.8. The fourth-order valence-electron chi connectivity index (χ4n) is 2.01. The summed E-state index contributed by atoms with van der Waals surface area (Å²) in [4.78, 5) is 12.0. The molecule has 0 heterocycles. The molecule has 0 radical (unpaired) electrons. The Morgan fingerprint density at radius 2 is 1.84 bits per heavy atom. The van der Waals surface area contributed by atoms with Crippen LogP contribution in [-0.4, -0.2) is 33.4 Å². The van der Waals surface area contributed by atoms with Gasteiger partial charge in [-0.2, -0.15) is 0 Å². The number of amides is 2. The first-order valence-electron chi connectivity index (χ1n) is 7.38. The van der Waals surface area contributed by atoms with E-state index in [0.29, 0.717) is 46.1 Å². The van der Waals surface area contributed by atoms with Gasteiger partial charge in [0.05, 0.1) is 31.5 Å². The van der Waals surface area contributed by atoms with Gasteiger partial charge in [-0.1, -0.05) is 29.3 Å². The molecule has 25 heavy (non-hydrogen) atoms. The topological polar surface area (TPSA) is 68.8 Å². The normalized spacial score (nSPS) is 10.1. The molecule has 0 spiro atoms. The van der Waals surface area contributed by atoms with Crippen LogP contribution < -0.4 is 24.8 Å². The predicted molar refractivity (Wildman–Crippen MR) is 98.5 cm³/mol. The van der Waals surface area contributed by atoms with E-state index in [1.807, 2.05) is 0 Å². The van der Waals surface area contributed by atoms with Crippen LogP contribution in [-0.2, 0) is 0 Å². The number of hydrogen-bond acceptors (Lipinski definition) is 4. The predicted octanol–water partition coefficient (Wildman–Crippen LogP) is 4.21. The zero-order valence-electron chi connectivity index (χ0n) is 13.8. The van der Waals surface area contributed by atoms with E-state index in [2.05, 4.69) is 10.6 Å². The zero-order valence-corrected chi connectivity index (χ0v) is 15.3. The van der Waals surface area contributed by atoms with Gasteiger partial charge in [0.25, 0.3) is 0 Å². The monoisotopic (exact) mass is 384 g/mol. The summed E-state index contributed by atoms with van der Waals surface area (Å²) in [7, 11) is 2.98. The Balaban J connectivity index is 1.86. The van der Waals surface area contributed by atoms with Crippen molar-refractivity contribution >= 4 is 34.9 Å². The Hall–Kier alpha value is -2.31. The minimum Gasteiger partial charge on any atom is -0.495 e. The van der Waals surface area contributed by atoms with Crippen LogP contribution >= 0.6 is 23.2 Å². The van der Waals surface area contributed by atoms with E-state index in [1.165, 1.54) is 14.2 Å². The number of methoxy groups -OCH3 is 2. The lowest BCUT2D eigenvalue weighted by molar-refractivity contribution is 0.247. The summed E-state index contributed by atoms with van der Waals surface area (Å²) in [6.45, 7) is 0.611. The summed E-state index contributed by atoms with van der Waals surface area (Å²) in [6.07, 6.45) is 0. The highest BCUT2D eigenvalue weighted by Crippen LogP contribution is 2.35. The van der Waals surface area contributed by atoms with E-state index in [4.69, 9.17) is 37.4 Å². The second-order valence-electron chi connectivity index (χ2n) is 4.87. The highest BCUT2D eigenvalue weighted by Gasteiger charge is 2.12. The van der Waals surface area contributed by atoms with Crippen molar-refractivity contribution < 1.29 is 19.0 Å². The number of nitrogens with one attached hydrogen (secondary N) is 2. The van der Waals surface area contributed by atoms with Crippen LogP contribution in [0.3, 0.4) is 0 Å². The van der Waals surface area contributed by atoms with Crippen molar-refractivity contribution in [2.24, 2.45) is 0 Å². The van der Waals surface area contributed by atoms with Gasteiger partial charge in [0.1, 0.15) is 23.9 Å². The molecule has 0 aliphatic carbocycles. The number of ether oxygens (including phenoxy) is 3. The lowest BCUT2D eigenvalue weighted by Crippen LogP contribution is -2.32. The molecule has 2 rings (SSSR count). The van der Waals surface area contributed by atoms with Gasteiger partial charge in [-0.25, -0.2) is 4.79 Å². The van der Waals surface area contributed by atoms with Crippen molar-refractivity contribution in [1.82, 2.24) is 5.32 Å². The van der Waals surface area contributed by atoms with E-state index in [-0.39, 0.29) is 0 Å². The van der Waals surface area contributed by atoms with E-state index in [1.54, 1.807) is 36.4 Å². The molecule has 0 bridgehead atoms. The van der Waals surface area contributed by atoms with Gasteiger partial charge in [0.15, 0.2) is 0 Å². The molecule has 0 aliphatic heterocycles. The molecular formula is C17H18Cl2N2O4. The van der Waals surface area contributed by atoms with Crippen LogP contribution in [0.1, 0.15) is 0 Å². The molecule has 0 saturated heterocycles. The molecule has 0 aliphatic rings. The molecule has 0 aromatic heterocycles. The third kappa shape index (κ3) is 5.62. The fraction of sp³-hybridized carbons (Fsp3) is 0.235. The maximum Gasteiger partial charge on any atom is 0.319 e. The first-order valence-corrected chi connectivity index (χ1v) is 8.14. The summed E-state index contributed by atoms with van der Waals surface area (Å²) in [5.74, 6) is 1.50. The van der Waals surface area contributed by atoms with Gasteiger partial charge in [-0.15, -0.1) is 0 Å². The Kier molecular flexibility index (Phi) is 7.03. The molecule has 0 fully saturated rings. The Bertz CT molecular complexity index is 741. The van der Waals surface area contributed by atoms with Crippen LogP contribution in [0.2, 0.25) is 10.0 Å². The van der Waals surface area contributed by atoms with Gasteiger partial charge in [-0.3, -0.25) is 0 Å². The van der Waals surface area contributed by atoms with Crippen molar-refractivity contribution in [3.63, 3.8) is 0 Å². The lowest BCUT2D eigenvalue weighted by Gasteiger charge is -2.14. The van der Waals surface area contributed by atoms with E-state index < -0.39 is 6.03 Å². The summed E-state index contributed by atoms with van der Waals surface area (Å²) >= 11 is 11.9. The molecule has 0 saturated carbocycles. The van der Waals surface area contributed by atoms with Crippen molar-refractivity contribution in [1.29, 1.82) is 0 Å².